The zero-order valence-electron chi connectivity index (χ0n) is 16.7. The van der Waals surface area contributed by atoms with Gasteiger partial charge in [-0.25, -0.2) is 0 Å². The number of carbonyl (C=O) groups excluding carboxylic acids is 1. The minimum absolute atomic E-state index is 0.214. The molecular formula is C22H31F3N2O. The number of alkyl halides is 3. The van der Waals surface area contributed by atoms with Gasteiger partial charge in [0.05, 0.1) is 5.56 Å². The Bertz CT molecular complexity index is 655. The molecule has 0 N–H and O–H groups in total. The Morgan fingerprint density at radius 3 is 2.64 bits per heavy atom. The number of hydrogen-bond acceptors (Lipinski definition) is 2. The van der Waals surface area contributed by atoms with Crippen LogP contribution in [0.1, 0.15) is 49.7 Å². The van der Waals surface area contributed by atoms with Crippen LogP contribution in [0, 0.1) is 11.8 Å². The number of likely N-dealkylation sites (tertiary alicyclic amines) is 1. The molecule has 0 radical (unpaired) electrons. The summed E-state index contributed by atoms with van der Waals surface area (Å²) in [5.74, 6) is 0.954. The number of hydrogen-bond donors (Lipinski definition) is 0. The summed E-state index contributed by atoms with van der Waals surface area (Å²) in [6, 6.07) is 5.64. The number of nitrogens with zero attached hydrogens (tertiary/aromatic N) is 2. The minimum atomic E-state index is -4.29. The van der Waals surface area contributed by atoms with Gasteiger partial charge in [-0.1, -0.05) is 31.0 Å². The van der Waals surface area contributed by atoms with E-state index in [-0.39, 0.29) is 5.92 Å². The molecule has 2 aliphatic rings. The smallest absolute Gasteiger partial charge is 0.345 e. The molecule has 1 aliphatic heterocycles. The van der Waals surface area contributed by atoms with E-state index in [1.54, 1.807) is 6.07 Å². The average Bonchev–Trinajstić information content (AvgIpc) is 3.20. The Hall–Kier alpha value is -1.56. The number of rotatable bonds is 6. The largest absolute Gasteiger partial charge is 0.416 e. The molecule has 1 aromatic rings. The third-order valence-corrected chi connectivity index (χ3v) is 6.19. The lowest BCUT2D eigenvalue weighted by atomic mass is 9.96. The van der Waals surface area contributed by atoms with E-state index >= 15 is 0 Å². The molecule has 1 amide bonds. The van der Waals surface area contributed by atoms with Crippen LogP contribution in [0.2, 0.25) is 0 Å². The predicted molar refractivity (Wildman–Crippen MR) is 104 cm³/mol. The monoisotopic (exact) mass is 396 g/mol. The fourth-order valence-electron chi connectivity index (χ4n) is 4.66. The highest BCUT2D eigenvalue weighted by molar-refractivity contribution is 5.78. The van der Waals surface area contributed by atoms with Crippen molar-refractivity contribution in [1.82, 2.24) is 9.80 Å². The molecule has 1 atom stereocenters. The van der Waals surface area contributed by atoms with Crippen LogP contribution in [0.4, 0.5) is 13.2 Å². The van der Waals surface area contributed by atoms with Crippen molar-refractivity contribution in [2.75, 3.05) is 33.2 Å². The van der Waals surface area contributed by atoms with Crippen LogP contribution in [0.5, 0.6) is 0 Å². The van der Waals surface area contributed by atoms with E-state index in [1.165, 1.54) is 12.1 Å². The number of piperidine rings is 1. The summed E-state index contributed by atoms with van der Waals surface area (Å²) in [6.07, 6.45) is 2.90. The molecule has 3 nitrogen and oxygen atoms in total. The van der Waals surface area contributed by atoms with Gasteiger partial charge in [-0.15, -0.1) is 0 Å². The summed E-state index contributed by atoms with van der Waals surface area (Å²) in [7, 11) is 1.92. The zero-order valence-corrected chi connectivity index (χ0v) is 16.7. The van der Waals surface area contributed by atoms with E-state index in [2.05, 4.69) is 4.90 Å². The van der Waals surface area contributed by atoms with E-state index in [0.29, 0.717) is 18.2 Å². The normalized spacial score (nSPS) is 21.8. The maximum absolute atomic E-state index is 12.9. The predicted octanol–water partition coefficient (Wildman–Crippen LogP) is 4.61. The zero-order chi connectivity index (χ0) is 20.1. The first kappa shape index (κ1) is 21.2. The fourth-order valence-corrected chi connectivity index (χ4v) is 4.66. The molecule has 3 rings (SSSR count). The highest BCUT2D eigenvalue weighted by atomic mass is 19.4. The molecule has 28 heavy (non-hydrogen) atoms. The highest BCUT2D eigenvalue weighted by Gasteiger charge is 2.31. The van der Waals surface area contributed by atoms with Crippen molar-refractivity contribution in [3.63, 3.8) is 0 Å². The minimum Gasteiger partial charge on any atom is -0.345 e. The highest BCUT2D eigenvalue weighted by Crippen LogP contribution is 2.30. The van der Waals surface area contributed by atoms with Crippen LogP contribution in [0.15, 0.2) is 24.3 Å². The second-order valence-electron chi connectivity index (χ2n) is 8.46. The molecule has 6 heteroatoms. The second-order valence-corrected chi connectivity index (χ2v) is 8.46. The first-order valence-electron chi connectivity index (χ1n) is 10.5. The van der Waals surface area contributed by atoms with Crippen LogP contribution in [-0.4, -0.2) is 48.9 Å². The van der Waals surface area contributed by atoms with Crippen molar-refractivity contribution in [3.05, 3.63) is 35.4 Å². The van der Waals surface area contributed by atoms with Crippen LogP contribution in [0.3, 0.4) is 0 Å². The molecule has 0 spiro atoms. The van der Waals surface area contributed by atoms with Gasteiger partial charge < -0.3 is 9.80 Å². The van der Waals surface area contributed by atoms with Crippen molar-refractivity contribution in [2.45, 2.75) is 51.1 Å². The van der Waals surface area contributed by atoms with Gasteiger partial charge in [-0.2, -0.15) is 13.2 Å². The van der Waals surface area contributed by atoms with Crippen molar-refractivity contribution in [3.8, 4) is 0 Å². The first-order valence-corrected chi connectivity index (χ1v) is 10.5. The fraction of sp³-hybridized carbons (Fsp3) is 0.682. The lowest BCUT2D eigenvalue weighted by Gasteiger charge is -2.35. The van der Waals surface area contributed by atoms with Gasteiger partial charge >= 0.3 is 6.18 Å². The standard InChI is InChI=1S/C22H31F3N2O/c1-26(21(28)19-8-2-3-9-19)15-18-7-5-12-27(16-18)13-11-17-6-4-10-20(14-17)22(23,24)25/h4,6,10,14,18-19H,2-3,5,7-9,11-13,15-16H2,1H3. The number of carbonyl (C=O) groups is 1. The van der Waals surface area contributed by atoms with E-state index in [4.69, 9.17) is 0 Å². The Labute approximate surface area is 165 Å². The van der Waals surface area contributed by atoms with Gasteiger partial charge in [0, 0.05) is 32.6 Å². The SMILES string of the molecule is CN(CC1CCCN(CCc2cccc(C(F)(F)F)c2)C1)C(=O)C1CCCC1. The van der Waals surface area contributed by atoms with Crippen molar-refractivity contribution in [1.29, 1.82) is 0 Å². The molecule has 1 saturated heterocycles. The molecule has 1 aliphatic carbocycles. The lowest BCUT2D eigenvalue weighted by molar-refractivity contribution is -0.137. The topological polar surface area (TPSA) is 23.6 Å². The molecule has 1 unspecified atom stereocenters. The summed E-state index contributed by atoms with van der Waals surface area (Å²) < 4.78 is 38.6. The van der Waals surface area contributed by atoms with Gasteiger partial charge in [0.1, 0.15) is 0 Å². The van der Waals surface area contributed by atoms with Crippen LogP contribution < -0.4 is 0 Å². The number of amides is 1. The van der Waals surface area contributed by atoms with Crippen molar-refractivity contribution >= 4 is 5.91 Å². The Kier molecular flexibility index (Phi) is 7.02. The molecule has 156 valence electrons. The molecule has 2 fully saturated rings. The second kappa shape index (κ2) is 9.29. The first-order chi connectivity index (χ1) is 13.3. The van der Waals surface area contributed by atoms with Gasteiger partial charge in [-0.3, -0.25) is 4.79 Å². The molecule has 0 bridgehead atoms. The summed E-state index contributed by atoms with van der Waals surface area (Å²) >= 11 is 0. The average molecular weight is 396 g/mol. The molecular weight excluding hydrogens is 365 g/mol. The summed E-state index contributed by atoms with van der Waals surface area (Å²) in [5.41, 5.74) is 0.152. The van der Waals surface area contributed by atoms with E-state index in [9.17, 15) is 18.0 Å². The molecule has 0 aromatic heterocycles. The quantitative estimate of drug-likeness (QED) is 0.701. The van der Waals surface area contributed by atoms with Gasteiger partial charge in [-0.05, 0) is 56.2 Å². The molecule has 1 saturated carbocycles. The number of benzene rings is 1. The van der Waals surface area contributed by atoms with E-state index in [1.807, 2.05) is 11.9 Å². The van der Waals surface area contributed by atoms with Gasteiger partial charge in [0.25, 0.3) is 0 Å². The Morgan fingerprint density at radius 1 is 1.18 bits per heavy atom. The Balaban J connectivity index is 1.48. The van der Waals surface area contributed by atoms with Gasteiger partial charge in [0.2, 0.25) is 5.91 Å². The van der Waals surface area contributed by atoms with Gasteiger partial charge in [0.15, 0.2) is 0 Å². The molecule has 1 heterocycles. The summed E-state index contributed by atoms with van der Waals surface area (Å²) in [5, 5.41) is 0. The van der Waals surface area contributed by atoms with Crippen molar-refractivity contribution < 1.29 is 18.0 Å². The summed E-state index contributed by atoms with van der Waals surface area (Å²) in [6.45, 7) is 3.45. The maximum atomic E-state index is 12.9. The Morgan fingerprint density at radius 2 is 1.93 bits per heavy atom. The third kappa shape index (κ3) is 5.72. The van der Waals surface area contributed by atoms with E-state index in [0.717, 1.165) is 76.3 Å². The van der Waals surface area contributed by atoms with E-state index < -0.39 is 11.7 Å². The van der Waals surface area contributed by atoms with Crippen LogP contribution in [-0.2, 0) is 17.4 Å². The van der Waals surface area contributed by atoms with Crippen LogP contribution in [0.25, 0.3) is 0 Å². The maximum Gasteiger partial charge on any atom is 0.416 e. The van der Waals surface area contributed by atoms with Crippen LogP contribution >= 0.6 is 0 Å². The summed E-state index contributed by atoms with van der Waals surface area (Å²) in [4.78, 5) is 16.8. The lowest BCUT2D eigenvalue weighted by Crippen LogP contribution is -2.43. The van der Waals surface area contributed by atoms with Crippen molar-refractivity contribution in [2.24, 2.45) is 11.8 Å². The molecule has 1 aromatic carbocycles. The third-order valence-electron chi connectivity index (χ3n) is 6.19. The number of halogens is 3.